The summed E-state index contributed by atoms with van der Waals surface area (Å²) in [6.45, 7) is 1.94. The van der Waals surface area contributed by atoms with E-state index in [4.69, 9.17) is 12.2 Å². The molecule has 24 heavy (non-hydrogen) atoms. The fourth-order valence-corrected chi connectivity index (χ4v) is 4.30. The molecule has 122 valence electrons. The van der Waals surface area contributed by atoms with Crippen molar-refractivity contribution >= 4 is 39.6 Å². The minimum absolute atomic E-state index is 0.208. The average molecular weight is 357 g/mol. The number of hydrogen-bond acceptors (Lipinski definition) is 4. The molecule has 3 rings (SSSR count). The second-order valence-electron chi connectivity index (χ2n) is 5.73. The van der Waals surface area contributed by atoms with Crippen LogP contribution in [0.3, 0.4) is 0 Å². The number of thiophene rings is 1. The van der Waals surface area contributed by atoms with Gasteiger partial charge in [0.2, 0.25) is 0 Å². The van der Waals surface area contributed by atoms with Crippen LogP contribution in [-0.2, 0) is 13.0 Å². The number of carbonyl (C=O) groups is 1. The first-order valence-electron chi connectivity index (χ1n) is 7.62. The number of rotatable bonds is 2. The lowest BCUT2D eigenvalue weighted by molar-refractivity contribution is -0.895. The highest BCUT2D eigenvalue weighted by molar-refractivity contribution is 7.80. The number of fused-ring (bicyclic) bond motifs is 1. The van der Waals surface area contributed by atoms with Crippen LogP contribution in [0, 0.1) is 11.3 Å². The number of quaternary nitrogens is 1. The first-order chi connectivity index (χ1) is 11.6. The van der Waals surface area contributed by atoms with Gasteiger partial charge in [0.15, 0.2) is 5.11 Å². The smallest absolute Gasteiger partial charge is 0.257 e. The Labute approximate surface area is 149 Å². The lowest BCUT2D eigenvalue weighted by Gasteiger charge is -2.18. The largest absolute Gasteiger partial charge is 0.333 e. The Morgan fingerprint density at radius 3 is 2.83 bits per heavy atom. The average Bonchev–Trinajstić information content (AvgIpc) is 2.91. The molecule has 5 nitrogen and oxygen atoms in total. The van der Waals surface area contributed by atoms with Crippen LogP contribution in [0.4, 0.5) is 5.00 Å². The quantitative estimate of drug-likeness (QED) is 0.709. The third kappa shape index (κ3) is 3.46. The molecule has 1 amide bonds. The fraction of sp³-hybridized carbons (Fsp3) is 0.235. The molecule has 1 aromatic carbocycles. The monoisotopic (exact) mass is 357 g/mol. The predicted octanol–water partition coefficient (Wildman–Crippen LogP) is 1.32. The van der Waals surface area contributed by atoms with E-state index in [1.807, 2.05) is 6.07 Å². The van der Waals surface area contributed by atoms with Crippen LogP contribution in [0.5, 0.6) is 0 Å². The van der Waals surface area contributed by atoms with E-state index in [9.17, 15) is 10.1 Å². The zero-order chi connectivity index (χ0) is 17.1. The number of anilines is 1. The van der Waals surface area contributed by atoms with Gasteiger partial charge in [-0.15, -0.1) is 11.3 Å². The molecule has 1 aliphatic heterocycles. The number of amides is 1. The van der Waals surface area contributed by atoms with Crippen molar-refractivity contribution in [1.29, 1.82) is 5.26 Å². The number of nitrogens with one attached hydrogen (secondary N) is 3. The van der Waals surface area contributed by atoms with Crippen LogP contribution in [0.15, 0.2) is 30.3 Å². The van der Waals surface area contributed by atoms with Gasteiger partial charge in [-0.05, 0) is 29.9 Å². The molecule has 2 aromatic rings. The lowest BCUT2D eigenvalue weighted by Crippen LogP contribution is -3.08. The Kier molecular flexibility index (Phi) is 4.90. The zero-order valence-electron chi connectivity index (χ0n) is 13.2. The first-order valence-corrected chi connectivity index (χ1v) is 8.84. The van der Waals surface area contributed by atoms with Gasteiger partial charge in [0, 0.05) is 12.0 Å². The molecule has 0 saturated heterocycles. The van der Waals surface area contributed by atoms with Crippen LogP contribution in [0.25, 0.3) is 0 Å². The maximum absolute atomic E-state index is 12.1. The van der Waals surface area contributed by atoms with Crippen molar-refractivity contribution in [3.63, 3.8) is 0 Å². The van der Waals surface area contributed by atoms with E-state index < -0.39 is 0 Å². The SMILES string of the molecule is C[NH+]1CCc2c(sc(NC(=S)NC(=O)c3ccccc3)c2C#N)C1. The van der Waals surface area contributed by atoms with Crippen molar-refractivity contribution in [2.45, 2.75) is 13.0 Å². The highest BCUT2D eigenvalue weighted by Gasteiger charge is 2.25. The van der Waals surface area contributed by atoms with Crippen molar-refractivity contribution in [2.24, 2.45) is 0 Å². The van der Waals surface area contributed by atoms with E-state index in [-0.39, 0.29) is 11.0 Å². The van der Waals surface area contributed by atoms with Crippen molar-refractivity contribution in [2.75, 3.05) is 18.9 Å². The normalized spacial score (nSPS) is 15.9. The highest BCUT2D eigenvalue weighted by atomic mass is 32.1. The lowest BCUT2D eigenvalue weighted by atomic mass is 10.0. The Bertz CT molecular complexity index is 823. The number of nitrogens with zero attached hydrogens (tertiary/aromatic N) is 1. The summed E-state index contributed by atoms with van der Waals surface area (Å²) in [5.74, 6) is -0.267. The number of benzene rings is 1. The van der Waals surface area contributed by atoms with Gasteiger partial charge in [-0.25, -0.2) is 0 Å². The third-order valence-electron chi connectivity index (χ3n) is 3.96. The summed E-state index contributed by atoms with van der Waals surface area (Å²) in [5, 5.41) is 16.1. The summed E-state index contributed by atoms with van der Waals surface area (Å²) in [5.41, 5.74) is 2.31. The van der Waals surface area contributed by atoms with Gasteiger partial charge in [0.1, 0.15) is 17.6 Å². The third-order valence-corrected chi connectivity index (χ3v) is 5.31. The maximum Gasteiger partial charge on any atom is 0.257 e. The van der Waals surface area contributed by atoms with Crippen molar-refractivity contribution < 1.29 is 9.69 Å². The van der Waals surface area contributed by atoms with E-state index in [1.54, 1.807) is 35.6 Å². The van der Waals surface area contributed by atoms with E-state index in [2.05, 4.69) is 23.8 Å². The number of hydrogen-bond donors (Lipinski definition) is 3. The number of likely N-dealkylation sites (N-methyl/N-ethyl adjacent to an activating group) is 1. The van der Waals surface area contributed by atoms with Crippen LogP contribution in [0.2, 0.25) is 0 Å². The van der Waals surface area contributed by atoms with Gasteiger partial charge in [-0.3, -0.25) is 10.1 Å². The van der Waals surface area contributed by atoms with Crippen LogP contribution >= 0.6 is 23.6 Å². The zero-order valence-corrected chi connectivity index (χ0v) is 14.8. The van der Waals surface area contributed by atoms with Crippen molar-refractivity contribution in [3.8, 4) is 6.07 Å². The van der Waals surface area contributed by atoms with Crippen LogP contribution in [0.1, 0.15) is 26.4 Å². The molecule has 1 aromatic heterocycles. The topological polar surface area (TPSA) is 69.4 Å². The molecule has 2 heterocycles. The number of nitriles is 1. The van der Waals surface area contributed by atoms with E-state index >= 15 is 0 Å². The minimum Gasteiger partial charge on any atom is -0.333 e. The molecule has 1 atom stereocenters. The van der Waals surface area contributed by atoms with Crippen LogP contribution < -0.4 is 15.5 Å². The van der Waals surface area contributed by atoms with Gasteiger partial charge >= 0.3 is 0 Å². The molecule has 0 fully saturated rings. The van der Waals surface area contributed by atoms with Crippen molar-refractivity contribution in [1.82, 2.24) is 5.32 Å². The molecule has 0 spiro atoms. The van der Waals surface area contributed by atoms with Crippen LogP contribution in [-0.4, -0.2) is 24.6 Å². The summed E-state index contributed by atoms with van der Waals surface area (Å²) < 4.78 is 0. The Balaban J connectivity index is 1.73. The molecular formula is C17H17N4OS2+. The van der Waals surface area contributed by atoms with Crippen molar-refractivity contribution in [3.05, 3.63) is 51.9 Å². The predicted molar refractivity (Wildman–Crippen MR) is 98.3 cm³/mol. The molecule has 0 radical (unpaired) electrons. The molecule has 3 N–H and O–H groups in total. The number of thiocarbonyl (C=S) groups is 1. The molecule has 1 aliphatic rings. The maximum atomic E-state index is 12.1. The molecule has 0 aliphatic carbocycles. The highest BCUT2D eigenvalue weighted by Crippen LogP contribution is 2.33. The molecular weight excluding hydrogens is 340 g/mol. The summed E-state index contributed by atoms with van der Waals surface area (Å²) in [7, 11) is 2.15. The van der Waals surface area contributed by atoms with Gasteiger partial charge in [0.25, 0.3) is 5.91 Å². The summed E-state index contributed by atoms with van der Waals surface area (Å²) in [4.78, 5) is 14.8. The second kappa shape index (κ2) is 7.09. The van der Waals surface area contributed by atoms with Gasteiger partial charge in [-0.1, -0.05) is 18.2 Å². The molecule has 0 bridgehead atoms. The van der Waals surface area contributed by atoms with E-state index in [0.717, 1.165) is 30.1 Å². The van der Waals surface area contributed by atoms with Gasteiger partial charge in [-0.2, -0.15) is 5.26 Å². The standard InChI is InChI=1S/C17H16N4OS2/c1-21-8-7-12-13(9-18)16(24-14(12)10-21)20-17(23)19-15(22)11-5-3-2-4-6-11/h2-6H,7-8,10H2,1H3,(H2,19,20,22,23)/p+1. The van der Waals surface area contributed by atoms with E-state index in [1.165, 1.54) is 9.78 Å². The Hall–Kier alpha value is -2.27. The second-order valence-corrected chi connectivity index (χ2v) is 7.24. The summed E-state index contributed by atoms with van der Waals surface area (Å²) in [6, 6.07) is 11.2. The molecule has 0 saturated carbocycles. The molecule has 1 unspecified atom stereocenters. The number of carbonyl (C=O) groups excluding carboxylic acids is 1. The molecule has 7 heteroatoms. The fourth-order valence-electron chi connectivity index (χ4n) is 2.73. The summed E-state index contributed by atoms with van der Waals surface area (Å²) in [6.07, 6.45) is 0.894. The summed E-state index contributed by atoms with van der Waals surface area (Å²) >= 11 is 6.78. The Morgan fingerprint density at radius 2 is 2.12 bits per heavy atom. The Morgan fingerprint density at radius 1 is 1.38 bits per heavy atom. The van der Waals surface area contributed by atoms with Gasteiger partial charge in [0.05, 0.1) is 24.0 Å². The minimum atomic E-state index is -0.267. The van der Waals surface area contributed by atoms with E-state index in [0.29, 0.717) is 11.1 Å². The van der Waals surface area contributed by atoms with Gasteiger partial charge < -0.3 is 10.2 Å². The first kappa shape index (κ1) is 16.6.